The highest BCUT2D eigenvalue weighted by atomic mass is 16.4. The number of carboxylic acids is 1. The van der Waals surface area contributed by atoms with E-state index in [1.807, 2.05) is 20.8 Å². The first-order valence-corrected chi connectivity index (χ1v) is 6.68. The van der Waals surface area contributed by atoms with Crippen molar-refractivity contribution in [3.63, 3.8) is 0 Å². The molecule has 0 saturated heterocycles. The van der Waals surface area contributed by atoms with Gasteiger partial charge in [-0.2, -0.15) is 0 Å². The predicted octanol–water partition coefficient (Wildman–Crippen LogP) is 0.877. The minimum Gasteiger partial charge on any atom is -0.508 e. The molecule has 1 unspecified atom stereocenters. The van der Waals surface area contributed by atoms with Crippen LogP contribution in [-0.2, 0) is 16.0 Å². The van der Waals surface area contributed by atoms with E-state index in [1.54, 1.807) is 12.1 Å². The highest BCUT2D eigenvalue weighted by Gasteiger charge is 2.30. The number of benzene rings is 1. The molecule has 2 atom stereocenters. The van der Waals surface area contributed by atoms with E-state index in [0.29, 0.717) is 5.56 Å². The van der Waals surface area contributed by atoms with E-state index in [-0.39, 0.29) is 12.2 Å². The van der Waals surface area contributed by atoms with E-state index in [2.05, 4.69) is 5.32 Å². The van der Waals surface area contributed by atoms with Crippen LogP contribution in [-0.4, -0.2) is 34.2 Å². The first-order chi connectivity index (χ1) is 9.61. The molecule has 6 heteroatoms. The second-order valence-electron chi connectivity index (χ2n) is 6.11. The van der Waals surface area contributed by atoms with Crippen LogP contribution < -0.4 is 11.1 Å². The Labute approximate surface area is 124 Å². The van der Waals surface area contributed by atoms with Crippen LogP contribution in [0.3, 0.4) is 0 Å². The van der Waals surface area contributed by atoms with Gasteiger partial charge in [0.1, 0.15) is 11.8 Å². The van der Waals surface area contributed by atoms with E-state index in [0.717, 1.165) is 0 Å². The third-order valence-electron chi connectivity index (χ3n) is 3.21. The summed E-state index contributed by atoms with van der Waals surface area (Å²) in [5, 5.41) is 20.9. The molecule has 0 saturated carbocycles. The number of aromatic hydroxyl groups is 1. The third kappa shape index (κ3) is 5.07. The van der Waals surface area contributed by atoms with E-state index >= 15 is 0 Å². The normalized spacial score (nSPS) is 14.3. The maximum Gasteiger partial charge on any atom is 0.326 e. The summed E-state index contributed by atoms with van der Waals surface area (Å²) < 4.78 is 0. The Morgan fingerprint density at radius 1 is 1.24 bits per heavy atom. The topological polar surface area (TPSA) is 113 Å². The van der Waals surface area contributed by atoms with E-state index in [1.165, 1.54) is 12.1 Å². The summed E-state index contributed by atoms with van der Waals surface area (Å²) in [5.74, 6) is -1.52. The van der Waals surface area contributed by atoms with Crippen molar-refractivity contribution in [3.8, 4) is 5.75 Å². The first kappa shape index (κ1) is 17.0. The molecule has 0 aliphatic carbocycles. The van der Waals surface area contributed by atoms with Crippen molar-refractivity contribution in [2.45, 2.75) is 39.3 Å². The molecule has 0 aliphatic rings. The second-order valence-corrected chi connectivity index (χ2v) is 6.11. The number of hydrogen-bond acceptors (Lipinski definition) is 4. The zero-order valence-electron chi connectivity index (χ0n) is 12.5. The molecular weight excluding hydrogens is 272 g/mol. The van der Waals surface area contributed by atoms with Gasteiger partial charge in [0.15, 0.2) is 0 Å². The molecule has 116 valence electrons. The maximum atomic E-state index is 12.0. The molecule has 5 N–H and O–H groups in total. The molecule has 0 aliphatic heterocycles. The lowest BCUT2D eigenvalue weighted by molar-refractivity contribution is -0.142. The van der Waals surface area contributed by atoms with Crippen LogP contribution in [0.5, 0.6) is 5.75 Å². The molecule has 1 rings (SSSR count). The van der Waals surface area contributed by atoms with Gasteiger partial charge in [0.05, 0.1) is 6.04 Å². The van der Waals surface area contributed by atoms with Gasteiger partial charge in [-0.05, 0) is 23.1 Å². The van der Waals surface area contributed by atoms with Gasteiger partial charge in [0.2, 0.25) is 5.91 Å². The number of nitrogens with two attached hydrogens (primary N) is 1. The van der Waals surface area contributed by atoms with Crippen LogP contribution in [0.4, 0.5) is 0 Å². The number of carbonyl (C=O) groups is 2. The summed E-state index contributed by atoms with van der Waals surface area (Å²) in [5.41, 5.74) is 6.06. The maximum absolute atomic E-state index is 12.0. The number of carboxylic acid groups (broad SMARTS) is 1. The fraction of sp³-hybridized carbons (Fsp3) is 0.467. The van der Waals surface area contributed by atoms with Crippen molar-refractivity contribution in [1.29, 1.82) is 0 Å². The van der Waals surface area contributed by atoms with Crippen molar-refractivity contribution < 1.29 is 19.8 Å². The summed E-state index contributed by atoms with van der Waals surface area (Å²) in [4.78, 5) is 23.3. The average molecular weight is 294 g/mol. The smallest absolute Gasteiger partial charge is 0.326 e. The third-order valence-corrected chi connectivity index (χ3v) is 3.21. The minimum absolute atomic E-state index is 0.101. The number of phenolic OH excluding ortho intramolecular Hbond substituents is 1. The highest BCUT2D eigenvalue weighted by Crippen LogP contribution is 2.18. The van der Waals surface area contributed by atoms with Crippen LogP contribution in [0, 0.1) is 5.41 Å². The summed E-state index contributed by atoms with van der Waals surface area (Å²) in [6, 6.07) is 4.31. The number of amides is 1. The van der Waals surface area contributed by atoms with Gasteiger partial charge in [-0.3, -0.25) is 4.79 Å². The van der Waals surface area contributed by atoms with Crippen molar-refractivity contribution >= 4 is 11.9 Å². The Morgan fingerprint density at radius 2 is 1.76 bits per heavy atom. The van der Waals surface area contributed by atoms with Crippen LogP contribution >= 0.6 is 0 Å². The largest absolute Gasteiger partial charge is 0.508 e. The number of carbonyl (C=O) groups excluding carboxylic acids is 1. The number of hydrogen-bond donors (Lipinski definition) is 4. The molecule has 6 nitrogen and oxygen atoms in total. The molecule has 0 heterocycles. The number of aliphatic carboxylic acids is 1. The minimum atomic E-state index is -1.13. The predicted molar refractivity (Wildman–Crippen MR) is 78.8 cm³/mol. The molecule has 0 bridgehead atoms. The quantitative estimate of drug-likeness (QED) is 0.644. The second kappa shape index (κ2) is 6.58. The van der Waals surface area contributed by atoms with Gasteiger partial charge in [-0.15, -0.1) is 0 Å². The first-order valence-electron chi connectivity index (χ1n) is 6.68. The van der Waals surface area contributed by atoms with Crippen molar-refractivity contribution in [3.05, 3.63) is 29.8 Å². The Morgan fingerprint density at radius 3 is 2.19 bits per heavy atom. The van der Waals surface area contributed by atoms with Gasteiger partial charge in [0.25, 0.3) is 0 Å². The Hall–Kier alpha value is -2.08. The number of nitrogens with one attached hydrogen (secondary N) is 1. The lowest BCUT2D eigenvalue weighted by Crippen LogP contribution is -2.53. The van der Waals surface area contributed by atoms with E-state index in [9.17, 15) is 19.8 Å². The van der Waals surface area contributed by atoms with Crippen LogP contribution in [0.1, 0.15) is 26.3 Å². The number of phenols is 1. The van der Waals surface area contributed by atoms with Crippen LogP contribution in [0.2, 0.25) is 0 Å². The Kier molecular flexibility index (Phi) is 5.32. The molecule has 1 aromatic carbocycles. The number of rotatable bonds is 5. The Balaban J connectivity index is 2.77. The molecule has 1 aromatic rings. The van der Waals surface area contributed by atoms with Crippen molar-refractivity contribution in [2.75, 3.05) is 0 Å². The average Bonchev–Trinajstić information content (AvgIpc) is 2.38. The molecule has 0 fully saturated rings. The van der Waals surface area contributed by atoms with Gasteiger partial charge in [-0.25, -0.2) is 4.79 Å². The molecule has 21 heavy (non-hydrogen) atoms. The standard InChI is InChI=1S/C15H22N2O4/c1-15(2,3)12(16)13(19)17-11(14(20)21)8-9-4-6-10(18)7-5-9/h4-7,11-12,18H,8,16H2,1-3H3,(H,17,19)(H,20,21)/t11?,12-/m0/s1. The van der Waals surface area contributed by atoms with Crippen molar-refractivity contribution in [2.24, 2.45) is 11.1 Å². The summed E-state index contributed by atoms with van der Waals surface area (Å²) >= 11 is 0. The van der Waals surface area contributed by atoms with E-state index in [4.69, 9.17) is 5.73 Å². The van der Waals surface area contributed by atoms with Gasteiger partial charge in [-0.1, -0.05) is 32.9 Å². The van der Waals surface area contributed by atoms with Gasteiger partial charge >= 0.3 is 5.97 Å². The van der Waals surface area contributed by atoms with Crippen LogP contribution in [0.15, 0.2) is 24.3 Å². The summed E-state index contributed by atoms with van der Waals surface area (Å²) in [7, 11) is 0. The Bertz CT molecular complexity index is 505. The molecule has 0 radical (unpaired) electrons. The SMILES string of the molecule is CC(C)(C)[C@@H](N)C(=O)NC(Cc1ccc(O)cc1)C(=O)O. The lowest BCUT2D eigenvalue weighted by Gasteiger charge is -2.27. The molecular formula is C15H22N2O4. The summed E-state index contributed by atoms with van der Waals surface area (Å²) in [6.07, 6.45) is 0.123. The van der Waals surface area contributed by atoms with E-state index < -0.39 is 29.4 Å². The van der Waals surface area contributed by atoms with Crippen molar-refractivity contribution in [1.82, 2.24) is 5.32 Å². The summed E-state index contributed by atoms with van der Waals surface area (Å²) in [6.45, 7) is 5.44. The van der Waals surface area contributed by atoms with Crippen LogP contribution in [0.25, 0.3) is 0 Å². The van der Waals surface area contributed by atoms with Gasteiger partial charge in [0, 0.05) is 6.42 Å². The highest BCUT2D eigenvalue weighted by molar-refractivity contribution is 5.87. The molecule has 0 aromatic heterocycles. The molecule has 0 spiro atoms. The fourth-order valence-corrected chi connectivity index (χ4v) is 1.72. The zero-order chi connectivity index (χ0) is 16.2. The molecule has 1 amide bonds. The lowest BCUT2D eigenvalue weighted by atomic mass is 9.86. The fourth-order valence-electron chi connectivity index (χ4n) is 1.72. The monoisotopic (exact) mass is 294 g/mol. The van der Waals surface area contributed by atoms with Gasteiger partial charge < -0.3 is 21.3 Å². The zero-order valence-corrected chi connectivity index (χ0v) is 12.5.